The van der Waals surface area contributed by atoms with Gasteiger partial charge in [0.1, 0.15) is 28.9 Å². The number of nitrogens with zero attached hydrogens (tertiary/aromatic N) is 1. The summed E-state index contributed by atoms with van der Waals surface area (Å²) in [5, 5.41) is 23.1. The van der Waals surface area contributed by atoms with Crippen molar-refractivity contribution in [2.75, 3.05) is 11.9 Å². The van der Waals surface area contributed by atoms with Gasteiger partial charge in [-0.1, -0.05) is 18.2 Å². The molecule has 7 nitrogen and oxygen atoms in total. The van der Waals surface area contributed by atoms with Gasteiger partial charge >= 0.3 is 0 Å². The highest BCUT2D eigenvalue weighted by atomic mass is 16.5. The van der Waals surface area contributed by atoms with Crippen molar-refractivity contribution in [2.45, 2.75) is 13.8 Å². The molecule has 0 saturated carbocycles. The molecule has 0 saturated heterocycles. The molecular weight excluding hydrogens is 396 g/mol. The number of nitriles is 1. The summed E-state index contributed by atoms with van der Waals surface area (Å²) in [4.78, 5) is 23.5. The molecule has 0 radical (unpaired) electrons. The number of furan rings is 1. The standard InChI is InChI=1S/C24H20N2O5/c1-3-30-19-6-4-5-18(13-19)26-23(27)17(14-25)12-20-8-10-22(31-20)21-9-7-16(24(28)29)11-15(21)2/h4-13H,3H2,1-2H3,(H,26,27)(H,28,29)/p-1/b17-12-. The minimum atomic E-state index is -1.26. The first-order valence-electron chi connectivity index (χ1n) is 9.49. The second-order valence-corrected chi connectivity index (χ2v) is 6.60. The second kappa shape index (κ2) is 9.46. The zero-order chi connectivity index (χ0) is 22.4. The minimum Gasteiger partial charge on any atom is -0.545 e. The number of hydrogen-bond donors (Lipinski definition) is 1. The van der Waals surface area contributed by atoms with Crippen LogP contribution in [0.4, 0.5) is 5.69 Å². The summed E-state index contributed by atoms with van der Waals surface area (Å²) in [6.45, 7) is 4.11. The van der Waals surface area contributed by atoms with Gasteiger partial charge in [-0.25, -0.2) is 0 Å². The Morgan fingerprint density at radius 1 is 1.19 bits per heavy atom. The van der Waals surface area contributed by atoms with Gasteiger partial charge in [0.2, 0.25) is 0 Å². The van der Waals surface area contributed by atoms with Crippen LogP contribution in [0.1, 0.15) is 28.6 Å². The number of amides is 1. The van der Waals surface area contributed by atoms with E-state index in [4.69, 9.17) is 9.15 Å². The minimum absolute atomic E-state index is 0.0739. The van der Waals surface area contributed by atoms with Crippen LogP contribution in [-0.4, -0.2) is 18.5 Å². The average Bonchev–Trinajstić information content (AvgIpc) is 3.20. The van der Waals surface area contributed by atoms with E-state index < -0.39 is 11.9 Å². The highest BCUT2D eigenvalue weighted by Crippen LogP contribution is 2.27. The molecule has 0 aliphatic heterocycles. The summed E-state index contributed by atoms with van der Waals surface area (Å²) in [6, 6.07) is 16.6. The van der Waals surface area contributed by atoms with E-state index in [-0.39, 0.29) is 11.1 Å². The van der Waals surface area contributed by atoms with Gasteiger partial charge in [-0.05, 0) is 55.3 Å². The number of carbonyl (C=O) groups excluding carboxylic acids is 2. The van der Waals surface area contributed by atoms with E-state index >= 15 is 0 Å². The van der Waals surface area contributed by atoms with Gasteiger partial charge in [-0.15, -0.1) is 0 Å². The van der Waals surface area contributed by atoms with Gasteiger partial charge in [-0.3, -0.25) is 4.79 Å². The van der Waals surface area contributed by atoms with Crippen molar-refractivity contribution in [3.8, 4) is 23.1 Å². The molecule has 156 valence electrons. The molecular formula is C24H19N2O5-. The molecule has 0 aliphatic carbocycles. The van der Waals surface area contributed by atoms with E-state index in [0.717, 1.165) is 0 Å². The highest BCUT2D eigenvalue weighted by Gasteiger charge is 2.13. The SMILES string of the molecule is CCOc1cccc(NC(=O)/C(C#N)=C\c2ccc(-c3ccc(C(=O)[O-])cc3C)o2)c1. The monoisotopic (exact) mass is 415 g/mol. The van der Waals surface area contributed by atoms with Crippen molar-refractivity contribution >= 4 is 23.6 Å². The van der Waals surface area contributed by atoms with E-state index in [1.165, 1.54) is 18.2 Å². The first-order chi connectivity index (χ1) is 14.9. The number of ether oxygens (including phenoxy) is 1. The van der Waals surface area contributed by atoms with E-state index in [1.807, 2.05) is 13.0 Å². The molecule has 0 bridgehead atoms. The number of carbonyl (C=O) groups is 2. The van der Waals surface area contributed by atoms with Crippen LogP contribution in [0.5, 0.6) is 5.75 Å². The average molecular weight is 415 g/mol. The van der Waals surface area contributed by atoms with Crippen molar-refractivity contribution < 1.29 is 23.8 Å². The number of rotatable bonds is 7. The number of nitrogens with one attached hydrogen (secondary N) is 1. The maximum atomic E-state index is 12.5. The first-order valence-corrected chi connectivity index (χ1v) is 9.49. The van der Waals surface area contributed by atoms with Crippen molar-refractivity contribution in [1.82, 2.24) is 0 Å². The Morgan fingerprint density at radius 3 is 2.68 bits per heavy atom. The molecule has 1 N–H and O–H groups in total. The Morgan fingerprint density at radius 2 is 2.00 bits per heavy atom. The number of anilines is 1. The smallest absolute Gasteiger partial charge is 0.266 e. The zero-order valence-corrected chi connectivity index (χ0v) is 17.0. The van der Waals surface area contributed by atoms with Gasteiger partial charge < -0.3 is 24.4 Å². The molecule has 7 heteroatoms. The van der Waals surface area contributed by atoms with Crippen LogP contribution in [0.3, 0.4) is 0 Å². The number of benzene rings is 2. The maximum Gasteiger partial charge on any atom is 0.266 e. The lowest BCUT2D eigenvalue weighted by Gasteiger charge is -2.07. The van der Waals surface area contributed by atoms with E-state index in [2.05, 4.69) is 5.32 Å². The van der Waals surface area contributed by atoms with Gasteiger partial charge in [-0.2, -0.15) is 5.26 Å². The summed E-state index contributed by atoms with van der Waals surface area (Å²) in [6.07, 6.45) is 1.34. The molecule has 0 aliphatic rings. The van der Waals surface area contributed by atoms with E-state index in [9.17, 15) is 20.0 Å². The largest absolute Gasteiger partial charge is 0.545 e. The van der Waals surface area contributed by atoms with Crippen LogP contribution in [0.2, 0.25) is 0 Å². The molecule has 3 aromatic rings. The summed E-state index contributed by atoms with van der Waals surface area (Å²) >= 11 is 0. The van der Waals surface area contributed by atoms with E-state index in [1.54, 1.807) is 49.4 Å². The first kappa shape index (κ1) is 21.4. The van der Waals surface area contributed by atoms with Gasteiger partial charge in [0.15, 0.2) is 0 Å². The number of carboxylic acid groups (broad SMARTS) is 1. The molecule has 0 unspecified atom stereocenters. The van der Waals surface area contributed by atoms with Crippen molar-refractivity contribution in [3.63, 3.8) is 0 Å². The fourth-order valence-corrected chi connectivity index (χ4v) is 2.96. The fourth-order valence-electron chi connectivity index (χ4n) is 2.96. The second-order valence-electron chi connectivity index (χ2n) is 6.60. The summed E-state index contributed by atoms with van der Waals surface area (Å²) in [5.74, 6) is -0.430. The summed E-state index contributed by atoms with van der Waals surface area (Å²) in [5.41, 5.74) is 1.83. The summed E-state index contributed by atoms with van der Waals surface area (Å²) < 4.78 is 11.1. The number of aryl methyl sites for hydroxylation is 1. The predicted octanol–water partition coefficient (Wildman–Crippen LogP) is 3.56. The quantitative estimate of drug-likeness (QED) is 0.466. The molecule has 1 heterocycles. The normalized spacial score (nSPS) is 10.9. The van der Waals surface area contributed by atoms with Crippen LogP contribution in [-0.2, 0) is 4.79 Å². The Bertz CT molecular complexity index is 1200. The third-order valence-corrected chi connectivity index (χ3v) is 4.41. The van der Waals surface area contributed by atoms with Crippen LogP contribution < -0.4 is 15.2 Å². The zero-order valence-electron chi connectivity index (χ0n) is 17.0. The van der Waals surface area contributed by atoms with Crippen molar-refractivity contribution in [1.29, 1.82) is 5.26 Å². The van der Waals surface area contributed by atoms with E-state index in [0.29, 0.717) is 40.7 Å². The summed E-state index contributed by atoms with van der Waals surface area (Å²) in [7, 11) is 0. The Labute approximate surface area is 179 Å². The highest BCUT2D eigenvalue weighted by molar-refractivity contribution is 6.09. The van der Waals surface area contributed by atoms with Crippen LogP contribution >= 0.6 is 0 Å². The number of aromatic carboxylic acids is 1. The lowest BCUT2D eigenvalue weighted by atomic mass is 10.0. The van der Waals surface area contributed by atoms with Gasteiger partial charge in [0.25, 0.3) is 5.91 Å². The third-order valence-electron chi connectivity index (χ3n) is 4.41. The van der Waals surface area contributed by atoms with Crippen LogP contribution in [0, 0.1) is 18.3 Å². The molecule has 1 aromatic heterocycles. The Kier molecular flexibility index (Phi) is 6.53. The van der Waals surface area contributed by atoms with Gasteiger partial charge in [0.05, 0.1) is 12.6 Å². The maximum absolute atomic E-state index is 12.5. The third kappa shape index (κ3) is 5.19. The molecule has 0 atom stereocenters. The fraction of sp³-hybridized carbons (Fsp3) is 0.125. The molecule has 0 fully saturated rings. The Hall–Kier alpha value is -4.31. The van der Waals surface area contributed by atoms with Gasteiger partial charge in [0, 0.05) is 23.4 Å². The molecule has 2 aromatic carbocycles. The van der Waals surface area contributed by atoms with Crippen molar-refractivity contribution in [2.24, 2.45) is 0 Å². The van der Waals surface area contributed by atoms with Crippen LogP contribution in [0.25, 0.3) is 17.4 Å². The molecule has 0 spiro atoms. The lowest BCUT2D eigenvalue weighted by molar-refractivity contribution is -0.255. The van der Waals surface area contributed by atoms with Crippen molar-refractivity contribution in [3.05, 3.63) is 77.1 Å². The number of carboxylic acids is 1. The molecule has 1 amide bonds. The predicted molar refractivity (Wildman–Crippen MR) is 113 cm³/mol. The van der Waals surface area contributed by atoms with Crippen LogP contribution in [0.15, 0.2) is 64.6 Å². The topological polar surface area (TPSA) is 115 Å². The molecule has 31 heavy (non-hydrogen) atoms. The number of hydrogen-bond acceptors (Lipinski definition) is 6. The Balaban J connectivity index is 1.80. The molecule has 3 rings (SSSR count). The lowest BCUT2D eigenvalue weighted by Crippen LogP contribution is -2.22.